The highest BCUT2D eigenvalue weighted by molar-refractivity contribution is 6.01. The zero-order valence-electron chi connectivity index (χ0n) is 28.7. The third kappa shape index (κ3) is 6.49. The van der Waals surface area contributed by atoms with Crippen LogP contribution in [0, 0.1) is 18.3 Å². The molecule has 260 valence electrons. The number of hydrogen-bond acceptors (Lipinski definition) is 4. The summed E-state index contributed by atoms with van der Waals surface area (Å²) in [5.41, 5.74) is 2.16. The molecule has 6 rings (SSSR count). The number of rotatable bonds is 10. The maximum absolute atomic E-state index is 14.8. The topological polar surface area (TPSA) is 83.7 Å². The largest absolute Gasteiger partial charge is 0.497 e. The zero-order chi connectivity index (χ0) is 35.1. The summed E-state index contributed by atoms with van der Waals surface area (Å²) >= 11 is 0. The SMILES string of the molecule is COc1ccc(NC(=O)C2(N(Cc3ccc(C(F)(F)F)cc3)C(=O)C[C@H]3[C@H](c4c(C)[nH]c5ccccc45)C3(C)C)CCCCC2)c(OC)c1. The number of carbonyl (C=O) groups is 2. The smallest absolute Gasteiger partial charge is 0.416 e. The molecule has 2 fully saturated rings. The normalized spacial score (nSPS) is 19.7. The Bertz CT molecular complexity index is 1840. The number of methoxy groups -OCH3 is 2. The highest BCUT2D eigenvalue weighted by Gasteiger charge is 2.60. The van der Waals surface area contributed by atoms with Gasteiger partial charge in [-0.1, -0.05) is 63.4 Å². The summed E-state index contributed by atoms with van der Waals surface area (Å²) in [5, 5.41) is 4.20. The number of aromatic nitrogens is 1. The fourth-order valence-electron chi connectivity index (χ4n) is 8.05. The van der Waals surface area contributed by atoms with Crippen LogP contribution in [0.4, 0.5) is 18.9 Å². The molecule has 1 heterocycles. The lowest BCUT2D eigenvalue weighted by molar-refractivity contribution is -0.149. The first-order valence-electron chi connectivity index (χ1n) is 16.9. The van der Waals surface area contributed by atoms with Crippen LogP contribution in [0.1, 0.15) is 80.7 Å². The van der Waals surface area contributed by atoms with Gasteiger partial charge < -0.3 is 24.7 Å². The van der Waals surface area contributed by atoms with Gasteiger partial charge in [-0.25, -0.2) is 0 Å². The molecule has 10 heteroatoms. The minimum Gasteiger partial charge on any atom is -0.497 e. The summed E-state index contributed by atoms with van der Waals surface area (Å²) in [5.74, 6) is 0.592. The molecule has 7 nitrogen and oxygen atoms in total. The van der Waals surface area contributed by atoms with E-state index in [4.69, 9.17) is 9.47 Å². The van der Waals surface area contributed by atoms with E-state index in [2.05, 4.69) is 43.2 Å². The quantitative estimate of drug-likeness (QED) is 0.176. The summed E-state index contributed by atoms with van der Waals surface area (Å²) in [6, 6.07) is 18.2. The Kier molecular flexibility index (Phi) is 9.19. The van der Waals surface area contributed by atoms with Crippen molar-refractivity contribution in [1.29, 1.82) is 0 Å². The number of carbonyl (C=O) groups excluding carboxylic acids is 2. The molecule has 3 aromatic carbocycles. The van der Waals surface area contributed by atoms with Crippen molar-refractivity contribution >= 4 is 28.4 Å². The maximum atomic E-state index is 14.8. The van der Waals surface area contributed by atoms with Gasteiger partial charge in [0.25, 0.3) is 0 Å². The second kappa shape index (κ2) is 13.1. The van der Waals surface area contributed by atoms with Crippen LogP contribution in [0.3, 0.4) is 0 Å². The number of H-pyrrole nitrogens is 1. The molecule has 2 amide bonds. The number of hydrogen-bond donors (Lipinski definition) is 2. The van der Waals surface area contributed by atoms with E-state index in [0.717, 1.165) is 48.0 Å². The van der Waals surface area contributed by atoms with Gasteiger partial charge in [-0.2, -0.15) is 13.2 Å². The van der Waals surface area contributed by atoms with E-state index in [1.54, 1.807) is 30.2 Å². The number of para-hydroxylation sites is 1. The Morgan fingerprint density at radius 3 is 2.31 bits per heavy atom. The maximum Gasteiger partial charge on any atom is 0.416 e. The summed E-state index contributed by atoms with van der Waals surface area (Å²) in [4.78, 5) is 34.5. The molecule has 2 aliphatic rings. The molecule has 0 unspecified atom stereocenters. The molecular weight excluding hydrogens is 631 g/mol. The molecular formula is C39H44F3N3O4. The number of nitrogens with one attached hydrogen (secondary N) is 2. The first-order valence-corrected chi connectivity index (χ1v) is 16.9. The van der Waals surface area contributed by atoms with Crippen molar-refractivity contribution in [3.05, 3.63) is 89.1 Å². The number of halogens is 3. The second-order valence-electron chi connectivity index (χ2n) is 14.1. The van der Waals surface area contributed by atoms with Gasteiger partial charge in [0.05, 0.1) is 25.5 Å². The predicted molar refractivity (Wildman–Crippen MR) is 184 cm³/mol. The van der Waals surface area contributed by atoms with Crippen molar-refractivity contribution in [1.82, 2.24) is 9.88 Å². The molecule has 0 bridgehead atoms. The molecule has 1 aromatic heterocycles. The van der Waals surface area contributed by atoms with Crippen LogP contribution in [0.25, 0.3) is 10.9 Å². The van der Waals surface area contributed by atoms with Crippen molar-refractivity contribution in [2.24, 2.45) is 11.3 Å². The van der Waals surface area contributed by atoms with Crippen LogP contribution in [0.15, 0.2) is 66.7 Å². The van der Waals surface area contributed by atoms with Crippen LogP contribution in [0.5, 0.6) is 11.5 Å². The zero-order valence-corrected chi connectivity index (χ0v) is 28.7. The van der Waals surface area contributed by atoms with Crippen molar-refractivity contribution < 1.29 is 32.2 Å². The first-order chi connectivity index (χ1) is 23.3. The number of alkyl halides is 3. The van der Waals surface area contributed by atoms with Gasteiger partial charge in [-0.05, 0) is 78.5 Å². The lowest BCUT2D eigenvalue weighted by atomic mass is 9.78. The second-order valence-corrected chi connectivity index (χ2v) is 14.1. The first kappa shape index (κ1) is 34.4. The number of nitrogens with zero attached hydrogens (tertiary/aromatic N) is 1. The average Bonchev–Trinajstić information content (AvgIpc) is 3.43. The third-order valence-electron chi connectivity index (χ3n) is 10.9. The number of fused-ring (bicyclic) bond motifs is 1. The number of aryl methyl sites for hydroxylation is 1. The van der Waals surface area contributed by atoms with Crippen LogP contribution in [-0.2, 0) is 22.3 Å². The molecule has 2 atom stereocenters. The number of aromatic amines is 1. The Labute approximate surface area is 285 Å². The highest BCUT2D eigenvalue weighted by Crippen LogP contribution is 2.67. The lowest BCUT2D eigenvalue weighted by Crippen LogP contribution is -2.59. The summed E-state index contributed by atoms with van der Waals surface area (Å²) in [6.45, 7) is 6.43. The van der Waals surface area contributed by atoms with Crippen molar-refractivity contribution in [2.75, 3.05) is 19.5 Å². The van der Waals surface area contributed by atoms with Crippen LogP contribution in [0.2, 0.25) is 0 Å². The van der Waals surface area contributed by atoms with Crippen LogP contribution >= 0.6 is 0 Å². The van der Waals surface area contributed by atoms with Gasteiger partial charge in [0, 0.05) is 35.6 Å². The number of anilines is 1. The fraction of sp³-hybridized carbons (Fsp3) is 0.436. The van der Waals surface area contributed by atoms with E-state index in [-0.39, 0.29) is 42.0 Å². The van der Waals surface area contributed by atoms with Crippen molar-refractivity contribution in [2.45, 2.75) is 83.5 Å². The summed E-state index contributed by atoms with van der Waals surface area (Å²) in [7, 11) is 3.05. The molecule has 0 aliphatic heterocycles. The fourth-order valence-corrected chi connectivity index (χ4v) is 8.05. The minimum atomic E-state index is -4.48. The Morgan fingerprint density at radius 2 is 1.65 bits per heavy atom. The minimum absolute atomic E-state index is 0.00800. The molecule has 2 saturated carbocycles. The highest BCUT2D eigenvalue weighted by atomic mass is 19.4. The van der Waals surface area contributed by atoms with Gasteiger partial charge in [0.1, 0.15) is 17.0 Å². The summed E-state index contributed by atoms with van der Waals surface area (Å²) < 4.78 is 51.2. The molecule has 4 aromatic rings. The standard InChI is InChI=1S/C39H44F3N3O4/c1-24-34(28-11-7-8-12-30(28)43-24)35-29(37(35,2)3)22-33(46)45(23-25-13-15-26(16-14-25)39(40,41)42)38(19-9-6-10-20-38)36(47)44-31-18-17-27(48-4)21-32(31)49-5/h7-8,11-18,21,29,35,43H,6,9-10,19-20,22-23H2,1-5H3,(H,44,47)/t29-,35+/m0/s1. The number of benzene rings is 3. The number of amides is 2. The van der Waals surface area contributed by atoms with Crippen molar-refractivity contribution in [3.8, 4) is 11.5 Å². The molecule has 2 aliphatic carbocycles. The van der Waals surface area contributed by atoms with Crippen LogP contribution in [-0.4, -0.2) is 41.5 Å². The van der Waals surface area contributed by atoms with Gasteiger partial charge in [-0.15, -0.1) is 0 Å². The summed E-state index contributed by atoms with van der Waals surface area (Å²) in [6.07, 6.45) is -1.03. The molecule has 0 radical (unpaired) electrons. The molecule has 49 heavy (non-hydrogen) atoms. The average molecular weight is 676 g/mol. The van der Waals surface area contributed by atoms with Crippen LogP contribution < -0.4 is 14.8 Å². The predicted octanol–water partition coefficient (Wildman–Crippen LogP) is 9.01. The van der Waals surface area contributed by atoms with E-state index in [9.17, 15) is 22.8 Å². The van der Waals surface area contributed by atoms with Gasteiger partial charge in [0.15, 0.2) is 0 Å². The molecule has 0 saturated heterocycles. The lowest BCUT2D eigenvalue weighted by Gasteiger charge is -2.45. The van der Waals surface area contributed by atoms with E-state index in [0.29, 0.717) is 35.6 Å². The van der Waals surface area contributed by atoms with Gasteiger partial charge >= 0.3 is 6.18 Å². The Hall–Kier alpha value is -4.47. The molecule has 2 N–H and O–H groups in total. The molecule has 0 spiro atoms. The Balaban J connectivity index is 1.36. The third-order valence-corrected chi connectivity index (χ3v) is 10.9. The van der Waals surface area contributed by atoms with Gasteiger partial charge in [-0.3, -0.25) is 9.59 Å². The number of ether oxygens (including phenoxy) is 2. The van der Waals surface area contributed by atoms with E-state index < -0.39 is 17.3 Å². The monoisotopic (exact) mass is 675 g/mol. The van der Waals surface area contributed by atoms with Gasteiger partial charge in [0.2, 0.25) is 11.8 Å². The van der Waals surface area contributed by atoms with E-state index >= 15 is 0 Å². The van der Waals surface area contributed by atoms with E-state index in [1.165, 1.54) is 24.8 Å². The van der Waals surface area contributed by atoms with Crippen molar-refractivity contribution in [3.63, 3.8) is 0 Å². The Morgan fingerprint density at radius 1 is 0.959 bits per heavy atom. The van der Waals surface area contributed by atoms with E-state index in [1.807, 2.05) is 12.1 Å².